The van der Waals surface area contributed by atoms with Crippen molar-refractivity contribution in [2.75, 3.05) is 11.9 Å². The summed E-state index contributed by atoms with van der Waals surface area (Å²) in [6.45, 7) is 11.0. The summed E-state index contributed by atoms with van der Waals surface area (Å²) in [5.74, 6) is 1.12. The molecule has 0 bridgehead atoms. The Morgan fingerprint density at radius 2 is 1.87 bits per heavy atom. The number of amides is 1. The molecule has 0 saturated carbocycles. The number of hydrogen-bond donors (Lipinski definition) is 1. The minimum Gasteiger partial charge on any atom is -0.494 e. The highest BCUT2D eigenvalue weighted by Gasteiger charge is 2.18. The summed E-state index contributed by atoms with van der Waals surface area (Å²) >= 11 is 1.56. The number of hydrogen-bond acceptors (Lipinski definition) is 5. The molecule has 0 radical (unpaired) electrons. The summed E-state index contributed by atoms with van der Waals surface area (Å²) in [5.41, 5.74) is 3.60. The van der Waals surface area contributed by atoms with E-state index >= 15 is 0 Å². The van der Waals surface area contributed by atoms with Crippen molar-refractivity contribution in [3.05, 3.63) is 65.4 Å². The summed E-state index contributed by atoms with van der Waals surface area (Å²) < 4.78 is 8.24. The van der Waals surface area contributed by atoms with Gasteiger partial charge in [0.05, 0.1) is 22.5 Å². The maximum atomic E-state index is 12.8. The van der Waals surface area contributed by atoms with E-state index in [1.807, 2.05) is 26.0 Å². The molecule has 6 nitrogen and oxygen atoms in total. The van der Waals surface area contributed by atoms with Crippen molar-refractivity contribution in [3.8, 4) is 10.9 Å². The Morgan fingerprint density at radius 3 is 2.55 bits per heavy atom. The van der Waals surface area contributed by atoms with E-state index in [-0.39, 0.29) is 11.3 Å². The van der Waals surface area contributed by atoms with Gasteiger partial charge in [-0.1, -0.05) is 38.2 Å². The van der Waals surface area contributed by atoms with E-state index < -0.39 is 0 Å². The maximum Gasteiger partial charge on any atom is 0.256 e. The molecule has 160 valence electrons. The lowest BCUT2D eigenvalue weighted by Crippen LogP contribution is -2.15. The molecule has 4 rings (SSSR count). The first kappa shape index (κ1) is 21.1. The van der Waals surface area contributed by atoms with Crippen LogP contribution in [-0.4, -0.2) is 27.3 Å². The fourth-order valence-electron chi connectivity index (χ4n) is 3.26. The highest BCUT2D eigenvalue weighted by molar-refractivity contribution is 7.20. The summed E-state index contributed by atoms with van der Waals surface area (Å²) in [6, 6.07) is 15.3. The predicted octanol–water partition coefficient (Wildman–Crippen LogP) is 5.74. The second-order valence-corrected chi connectivity index (χ2v) is 9.43. The van der Waals surface area contributed by atoms with Crippen molar-refractivity contribution in [1.82, 2.24) is 14.8 Å². The van der Waals surface area contributed by atoms with E-state index in [1.165, 1.54) is 5.56 Å². The minimum atomic E-state index is -0.208. The van der Waals surface area contributed by atoms with Crippen molar-refractivity contribution in [2.24, 2.45) is 0 Å². The van der Waals surface area contributed by atoms with Gasteiger partial charge in [-0.3, -0.25) is 4.79 Å². The van der Waals surface area contributed by atoms with Gasteiger partial charge in [0.1, 0.15) is 11.6 Å². The number of benzene rings is 2. The monoisotopic (exact) mass is 434 g/mol. The van der Waals surface area contributed by atoms with Crippen LogP contribution in [0.15, 0.2) is 48.5 Å². The van der Waals surface area contributed by atoms with Crippen LogP contribution in [0, 0.1) is 6.92 Å². The number of carbonyl (C=O) groups excluding carboxylic acids is 1. The lowest BCUT2D eigenvalue weighted by molar-refractivity contribution is 0.102. The van der Waals surface area contributed by atoms with E-state index in [0.29, 0.717) is 18.0 Å². The zero-order valence-corrected chi connectivity index (χ0v) is 19.2. The number of nitrogens with zero attached hydrogens (tertiary/aromatic N) is 3. The number of thiazole rings is 1. The van der Waals surface area contributed by atoms with Crippen molar-refractivity contribution >= 4 is 33.3 Å². The molecule has 31 heavy (non-hydrogen) atoms. The number of carbonyl (C=O) groups is 1. The minimum absolute atomic E-state index is 0.0669. The lowest BCUT2D eigenvalue weighted by atomic mass is 9.87. The Kier molecular flexibility index (Phi) is 5.54. The van der Waals surface area contributed by atoms with E-state index in [1.54, 1.807) is 40.3 Å². The lowest BCUT2D eigenvalue weighted by Gasteiger charge is -2.18. The predicted molar refractivity (Wildman–Crippen MR) is 126 cm³/mol. The fourth-order valence-corrected chi connectivity index (χ4v) is 4.23. The van der Waals surface area contributed by atoms with E-state index in [9.17, 15) is 4.79 Å². The number of rotatable bonds is 5. The second-order valence-electron chi connectivity index (χ2n) is 8.42. The molecular weight excluding hydrogens is 408 g/mol. The molecule has 1 N–H and O–H groups in total. The number of ether oxygens (including phenoxy) is 1. The maximum absolute atomic E-state index is 12.8. The summed E-state index contributed by atoms with van der Waals surface area (Å²) in [5, 5.41) is 8.25. The molecule has 0 atom stereocenters. The van der Waals surface area contributed by atoms with Gasteiger partial charge in [0, 0.05) is 11.6 Å². The van der Waals surface area contributed by atoms with Gasteiger partial charge < -0.3 is 10.1 Å². The molecule has 2 aromatic heterocycles. The standard InChI is InChI=1S/C24H26N4O2S/c1-6-30-18-10-7-16(8-11-18)22(29)26-21-13-15(2)27-28(21)23-25-19-12-9-17(24(3,4)5)14-20(19)31-23/h7-14H,6H2,1-5H3,(H,26,29). The molecule has 2 heterocycles. The first-order chi connectivity index (χ1) is 14.7. The molecule has 0 fully saturated rings. The quantitative estimate of drug-likeness (QED) is 0.435. The van der Waals surface area contributed by atoms with Crippen molar-refractivity contribution in [2.45, 2.75) is 40.0 Å². The van der Waals surface area contributed by atoms with Gasteiger partial charge in [0.15, 0.2) is 0 Å². The Balaban J connectivity index is 1.63. The zero-order chi connectivity index (χ0) is 22.2. The third-order valence-corrected chi connectivity index (χ3v) is 5.92. The molecule has 0 aliphatic carbocycles. The third kappa shape index (κ3) is 4.46. The first-order valence-electron chi connectivity index (χ1n) is 10.3. The van der Waals surface area contributed by atoms with Crippen LogP contribution >= 0.6 is 11.3 Å². The van der Waals surface area contributed by atoms with Gasteiger partial charge in [0.25, 0.3) is 5.91 Å². The number of anilines is 1. The zero-order valence-electron chi connectivity index (χ0n) is 18.4. The molecule has 0 spiro atoms. The van der Waals surface area contributed by atoms with Crippen molar-refractivity contribution < 1.29 is 9.53 Å². The molecule has 0 saturated heterocycles. The number of nitrogens with one attached hydrogen (secondary N) is 1. The normalized spacial score (nSPS) is 11.6. The van der Waals surface area contributed by atoms with Gasteiger partial charge >= 0.3 is 0 Å². The van der Waals surface area contributed by atoms with Crippen LogP contribution in [0.2, 0.25) is 0 Å². The largest absolute Gasteiger partial charge is 0.494 e. The van der Waals surface area contributed by atoms with Crippen LogP contribution in [0.25, 0.3) is 15.3 Å². The van der Waals surface area contributed by atoms with Gasteiger partial charge in [-0.05, 0) is 61.2 Å². The highest BCUT2D eigenvalue weighted by atomic mass is 32.1. The Bertz CT molecular complexity index is 1230. The van der Waals surface area contributed by atoms with Crippen LogP contribution in [0.3, 0.4) is 0 Å². The highest BCUT2D eigenvalue weighted by Crippen LogP contribution is 2.31. The second kappa shape index (κ2) is 8.15. The average Bonchev–Trinajstić information content (AvgIpc) is 3.30. The van der Waals surface area contributed by atoms with Crippen LogP contribution in [-0.2, 0) is 5.41 Å². The van der Waals surface area contributed by atoms with Crippen LogP contribution in [0.5, 0.6) is 5.75 Å². The molecular formula is C24H26N4O2S. The van der Waals surface area contributed by atoms with E-state index in [4.69, 9.17) is 9.72 Å². The first-order valence-corrected chi connectivity index (χ1v) is 11.1. The van der Waals surface area contributed by atoms with E-state index in [0.717, 1.165) is 26.8 Å². The number of fused-ring (bicyclic) bond motifs is 1. The van der Waals surface area contributed by atoms with Gasteiger partial charge in [-0.15, -0.1) is 0 Å². The molecule has 7 heteroatoms. The van der Waals surface area contributed by atoms with Crippen molar-refractivity contribution in [3.63, 3.8) is 0 Å². The molecule has 2 aromatic carbocycles. The molecule has 0 aliphatic rings. The summed E-state index contributed by atoms with van der Waals surface area (Å²) in [7, 11) is 0. The van der Waals surface area contributed by atoms with Gasteiger partial charge in [0.2, 0.25) is 5.13 Å². The SMILES string of the molecule is CCOc1ccc(C(=O)Nc2cc(C)nn2-c2nc3ccc(C(C)(C)C)cc3s2)cc1. The van der Waals surface area contributed by atoms with Crippen LogP contribution in [0.1, 0.15) is 49.3 Å². The Hall–Kier alpha value is -3.19. The average molecular weight is 435 g/mol. The van der Waals surface area contributed by atoms with Gasteiger partial charge in [-0.2, -0.15) is 9.78 Å². The van der Waals surface area contributed by atoms with Crippen molar-refractivity contribution in [1.29, 1.82) is 0 Å². The Labute approximate surface area is 185 Å². The molecule has 4 aromatic rings. The smallest absolute Gasteiger partial charge is 0.256 e. The molecule has 0 aliphatic heterocycles. The summed E-state index contributed by atoms with van der Waals surface area (Å²) in [4.78, 5) is 17.5. The van der Waals surface area contributed by atoms with Crippen LogP contribution < -0.4 is 10.1 Å². The molecule has 0 unspecified atom stereocenters. The van der Waals surface area contributed by atoms with Crippen LogP contribution in [0.4, 0.5) is 5.82 Å². The third-order valence-electron chi connectivity index (χ3n) is 4.93. The van der Waals surface area contributed by atoms with E-state index in [2.05, 4.69) is 43.3 Å². The number of aromatic nitrogens is 3. The molecule has 1 amide bonds. The topological polar surface area (TPSA) is 69.0 Å². The summed E-state index contributed by atoms with van der Waals surface area (Å²) in [6.07, 6.45) is 0. The number of aryl methyl sites for hydroxylation is 1. The Morgan fingerprint density at radius 1 is 1.13 bits per heavy atom. The van der Waals surface area contributed by atoms with Gasteiger partial charge in [-0.25, -0.2) is 4.98 Å². The fraction of sp³-hybridized carbons (Fsp3) is 0.292.